The number of pyridine rings is 1. The topological polar surface area (TPSA) is 86.6 Å². The summed E-state index contributed by atoms with van der Waals surface area (Å²) in [5.74, 6) is -0.456. The lowest BCUT2D eigenvalue weighted by Crippen LogP contribution is -2.32. The van der Waals surface area contributed by atoms with Crippen molar-refractivity contribution in [1.29, 1.82) is 0 Å². The summed E-state index contributed by atoms with van der Waals surface area (Å²) in [4.78, 5) is 39.3. The van der Waals surface area contributed by atoms with E-state index in [1.165, 1.54) is 29.1 Å². The lowest BCUT2D eigenvalue weighted by atomic mass is 10.0. The molecule has 2 heterocycles. The van der Waals surface area contributed by atoms with Crippen LogP contribution in [-0.4, -0.2) is 30.2 Å². The number of carbonyl (C=O) groups is 2. The molecule has 0 saturated carbocycles. The molecule has 7 nitrogen and oxygen atoms in total. The Morgan fingerprint density at radius 3 is 2.54 bits per heavy atom. The Bertz CT molecular complexity index is 1460. The van der Waals surface area contributed by atoms with Crippen LogP contribution in [0.4, 0.5) is 5.00 Å². The van der Waals surface area contributed by atoms with Crippen LogP contribution in [0.25, 0.3) is 22.0 Å². The molecule has 0 bridgehead atoms. The Hall–Kier alpha value is -3.91. The van der Waals surface area contributed by atoms with E-state index in [0.717, 1.165) is 16.5 Å². The quantitative estimate of drug-likeness (QED) is 0.350. The molecule has 0 aliphatic rings. The minimum atomic E-state index is -0.876. The number of aromatic nitrogens is 1. The number of thiophene rings is 1. The van der Waals surface area contributed by atoms with Crippen LogP contribution in [-0.2, 0) is 9.53 Å². The molecular formula is C27H26N2O5S. The predicted octanol–water partition coefficient (Wildman–Crippen LogP) is 5.42. The molecule has 1 N–H and O–H groups in total. The summed E-state index contributed by atoms with van der Waals surface area (Å²) in [6, 6.07) is 15.6. The molecule has 2 aromatic heterocycles. The maximum atomic E-state index is 13.4. The highest BCUT2D eigenvalue weighted by molar-refractivity contribution is 7.15. The SMILES string of the molecule is CCOC(=O)c1c(-c2ccccc2)csc1NC(=O)C(C)n1c(=O)cc(C)c2cccc(OC)c21. The number of anilines is 1. The average Bonchev–Trinajstić information content (AvgIpc) is 3.27. The summed E-state index contributed by atoms with van der Waals surface area (Å²) in [6.07, 6.45) is 0. The summed E-state index contributed by atoms with van der Waals surface area (Å²) in [5.41, 5.74) is 2.83. The van der Waals surface area contributed by atoms with Crippen molar-refractivity contribution in [3.8, 4) is 16.9 Å². The Labute approximate surface area is 206 Å². The number of hydrogen-bond acceptors (Lipinski definition) is 6. The fraction of sp³-hybridized carbons (Fsp3) is 0.222. The van der Waals surface area contributed by atoms with Crippen molar-refractivity contribution in [3.05, 3.63) is 81.5 Å². The van der Waals surface area contributed by atoms with Crippen LogP contribution in [0, 0.1) is 6.92 Å². The summed E-state index contributed by atoms with van der Waals surface area (Å²) in [7, 11) is 1.53. The first-order valence-corrected chi connectivity index (χ1v) is 12.1. The van der Waals surface area contributed by atoms with E-state index < -0.39 is 17.9 Å². The molecule has 2 aromatic carbocycles. The van der Waals surface area contributed by atoms with Gasteiger partial charge in [-0.3, -0.25) is 14.2 Å². The van der Waals surface area contributed by atoms with Crippen molar-refractivity contribution in [2.45, 2.75) is 26.8 Å². The number of ether oxygens (including phenoxy) is 2. The third-order valence-corrected chi connectivity index (χ3v) is 6.72. The van der Waals surface area contributed by atoms with E-state index in [1.807, 2.05) is 54.8 Å². The minimum absolute atomic E-state index is 0.206. The first-order chi connectivity index (χ1) is 16.9. The maximum Gasteiger partial charge on any atom is 0.341 e. The Kier molecular flexibility index (Phi) is 7.02. The lowest BCUT2D eigenvalue weighted by molar-refractivity contribution is -0.118. The Balaban J connectivity index is 1.76. The van der Waals surface area contributed by atoms with Crippen LogP contribution >= 0.6 is 11.3 Å². The molecule has 1 unspecified atom stereocenters. The van der Waals surface area contributed by atoms with Gasteiger partial charge >= 0.3 is 5.97 Å². The number of para-hydroxylation sites is 1. The van der Waals surface area contributed by atoms with Crippen molar-refractivity contribution >= 4 is 39.1 Å². The third-order valence-electron chi connectivity index (χ3n) is 5.82. The summed E-state index contributed by atoms with van der Waals surface area (Å²) in [5, 5.41) is 5.87. The highest BCUT2D eigenvalue weighted by Crippen LogP contribution is 2.37. The number of nitrogens with one attached hydrogen (secondary N) is 1. The summed E-state index contributed by atoms with van der Waals surface area (Å²) < 4.78 is 12.2. The second-order valence-electron chi connectivity index (χ2n) is 8.00. The van der Waals surface area contributed by atoms with Crippen LogP contribution in [0.2, 0.25) is 0 Å². The Morgan fingerprint density at radius 2 is 1.86 bits per heavy atom. The lowest BCUT2D eigenvalue weighted by Gasteiger charge is -2.20. The van der Waals surface area contributed by atoms with Gasteiger partial charge in [0.05, 0.1) is 19.2 Å². The van der Waals surface area contributed by atoms with E-state index in [9.17, 15) is 14.4 Å². The highest BCUT2D eigenvalue weighted by Gasteiger charge is 2.26. The van der Waals surface area contributed by atoms with Gasteiger partial charge in [-0.25, -0.2) is 4.79 Å². The monoisotopic (exact) mass is 490 g/mol. The standard InChI is InChI=1S/C27H26N2O5S/c1-5-34-27(32)23-20(18-10-7-6-8-11-18)15-35-26(23)28-25(31)17(3)29-22(30)14-16(2)19-12-9-13-21(33-4)24(19)29/h6-15,17H,5H2,1-4H3,(H,28,31). The van der Waals surface area contributed by atoms with E-state index in [2.05, 4.69) is 5.32 Å². The zero-order chi connectivity index (χ0) is 25.1. The molecule has 0 radical (unpaired) electrons. The molecule has 0 fully saturated rings. The van der Waals surface area contributed by atoms with Gasteiger partial charge < -0.3 is 14.8 Å². The fourth-order valence-electron chi connectivity index (χ4n) is 4.10. The molecule has 4 rings (SSSR count). The van der Waals surface area contributed by atoms with Crippen LogP contribution in [0.1, 0.15) is 35.8 Å². The fourth-order valence-corrected chi connectivity index (χ4v) is 5.06. The molecular weight excluding hydrogens is 464 g/mol. The highest BCUT2D eigenvalue weighted by atomic mass is 32.1. The third kappa shape index (κ3) is 4.57. The molecule has 0 spiro atoms. The van der Waals surface area contributed by atoms with Gasteiger partial charge in [-0.1, -0.05) is 42.5 Å². The van der Waals surface area contributed by atoms with E-state index in [-0.39, 0.29) is 12.2 Å². The van der Waals surface area contributed by atoms with Crippen LogP contribution in [0.15, 0.2) is 64.8 Å². The van der Waals surface area contributed by atoms with E-state index >= 15 is 0 Å². The second-order valence-corrected chi connectivity index (χ2v) is 8.88. The van der Waals surface area contributed by atoms with Crippen molar-refractivity contribution in [1.82, 2.24) is 4.57 Å². The molecule has 0 aliphatic heterocycles. The first-order valence-electron chi connectivity index (χ1n) is 11.2. The predicted molar refractivity (Wildman–Crippen MR) is 139 cm³/mol. The second kappa shape index (κ2) is 10.1. The maximum absolute atomic E-state index is 13.4. The van der Waals surface area contributed by atoms with Gasteiger partial charge in [0.2, 0.25) is 5.91 Å². The van der Waals surface area contributed by atoms with E-state index in [4.69, 9.17) is 9.47 Å². The molecule has 35 heavy (non-hydrogen) atoms. The number of methoxy groups -OCH3 is 1. The van der Waals surface area contributed by atoms with Crippen LogP contribution in [0.3, 0.4) is 0 Å². The zero-order valence-corrected chi connectivity index (χ0v) is 20.8. The van der Waals surface area contributed by atoms with Crippen LogP contribution in [0.5, 0.6) is 5.75 Å². The molecule has 1 atom stereocenters. The average molecular weight is 491 g/mol. The van der Waals surface area contributed by atoms with Crippen LogP contribution < -0.4 is 15.6 Å². The summed E-state index contributed by atoms with van der Waals surface area (Å²) >= 11 is 1.24. The number of aryl methyl sites for hydroxylation is 1. The molecule has 0 saturated heterocycles. The number of esters is 1. The van der Waals surface area contributed by atoms with Gasteiger partial charge in [-0.15, -0.1) is 11.3 Å². The number of nitrogens with zero attached hydrogens (tertiary/aromatic N) is 1. The van der Waals surface area contributed by atoms with Gasteiger partial charge in [0.1, 0.15) is 22.4 Å². The molecule has 1 amide bonds. The van der Waals surface area contributed by atoms with E-state index in [0.29, 0.717) is 27.4 Å². The molecule has 180 valence electrons. The van der Waals surface area contributed by atoms with Gasteiger partial charge in [0.15, 0.2) is 0 Å². The molecule has 4 aromatic rings. The molecule has 0 aliphatic carbocycles. The number of hydrogen-bond donors (Lipinski definition) is 1. The number of carbonyl (C=O) groups excluding carboxylic acids is 2. The van der Waals surface area contributed by atoms with E-state index in [1.54, 1.807) is 19.9 Å². The normalized spacial score (nSPS) is 11.8. The summed E-state index contributed by atoms with van der Waals surface area (Å²) in [6.45, 7) is 5.43. The van der Waals surface area contributed by atoms with Gasteiger partial charge in [0.25, 0.3) is 5.56 Å². The smallest absolute Gasteiger partial charge is 0.341 e. The number of benzene rings is 2. The van der Waals surface area contributed by atoms with Crippen molar-refractivity contribution in [2.24, 2.45) is 0 Å². The van der Waals surface area contributed by atoms with Gasteiger partial charge in [0, 0.05) is 22.4 Å². The minimum Gasteiger partial charge on any atom is -0.495 e. The number of rotatable bonds is 7. The first kappa shape index (κ1) is 24.2. The van der Waals surface area contributed by atoms with Crippen molar-refractivity contribution in [3.63, 3.8) is 0 Å². The van der Waals surface area contributed by atoms with Crippen molar-refractivity contribution in [2.75, 3.05) is 19.0 Å². The van der Waals surface area contributed by atoms with Crippen molar-refractivity contribution < 1.29 is 19.1 Å². The number of amides is 1. The Morgan fingerprint density at radius 1 is 1.11 bits per heavy atom. The van der Waals surface area contributed by atoms with Gasteiger partial charge in [-0.2, -0.15) is 0 Å². The number of fused-ring (bicyclic) bond motifs is 1. The largest absolute Gasteiger partial charge is 0.495 e. The van der Waals surface area contributed by atoms with Gasteiger partial charge in [-0.05, 0) is 38.0 Å². The zero-order valence-electron chi connectivity index (χ0n) is 20.0. The molecule has 8 heteroatoms.